The number of nitriles is 1. The molecular formula is C31H30ClF3N6O4. The van der Waals surface area contributed by atoms with Gasteiger partial charge < -0.3 is 10.4 Å². The summed E-state index contributed by atoms with van der Waals surface area (Å²) in [5.74, 6) is -6.52. The van der Waals surface area contributed by atoms with Crippen LogP contribution in [0.25, 0.3) is 0 Å². The minimum absolute atomic E-state index is 0. The fourth-order valence-corrected chi connectivity index (χ4v) is 5.70. The molecular weight excluding hydrogens is 613 g/mol. The van der Waals surface area contributed by atoms with Gasteiger partial charge in [0.2, 0.25) is 17.8 Å². The van der Waals surface area contributed by atoms with Gasteiger partial charge in [-0.25, -0.2) is 23.1 Å². The first-order chi connectivity index (χ1) is 21.0. The minimum Gasteiger partial charge on any atom is -0.383 e. The molecule has 10 nitrogen and oxygen atoms in total. The molecule has 0 bridgehead atoms. The van der Waals surface area contributed by atoms with Gasteiger partial charge >= 0.3 is 0 Å². The van der Waals surface area contributed by atoms with Crippen molar-refractivity contribution in [2.75, 3.05) is 9.80 Å². The Labute approximate surface area is 262 Å². The Balaban J connectivity index is 0.00000461. The van der Waals surface area contributed by atoms with Crippen LogP contribution in [0.4, 0.5) is 24.8 Å². The van der Waals surface area contributed by atoms with Gasteiger partial charge in [0.1, 0.15) is 35.8 Å². The second-order valence-corrected chi connectivity index (χ2v) is 11.0. The van der Waals surface area contributed by atoms with Crippen LogP contribution in [0, 0.1) is 17.1 Å². The first-order valence-electron chi connectivity index (χ1n) is 13.7. The van der Waals surface area contributed by atoms with Crippen LogP contribution < -0.4 is 15.1 Å². The van der Waals surface area contributed by atoms with Crippen LogP contribution in [0.5, 0.6) is 0 Å². The number of rotatable bonds is 7. The summed E-state index contributed by atoms with van der Waals surface area (Å²) in [6.45, 7) is 0. The molecule has 2 fully saturated rings. The molecule has 0 unspecified atom stereocenters. The van der Waals surface area contributed by atoms with Crippen LogP contribution in [0.2, 0.25) is 5.02 Å². The van der Waals surface area contributed by atoms with Crippen LogP contribution in [0.15, 0.2) is 60.8 Å². The average molecular weight is 643 g/mol. The lowest BCUT2D eigenvalue weighted by molar-refractivity contribution is -0.128. The topological polar surface area (TPSA) is 140 Å². The van der Waals surface area contributed by atoms with Crippen LogP contribution in [-0.2, 0) is 14.4 Å². The number of aliphatic hydroxyl groups excluding tert-OH is 1. The largest absolute Gasteiger partial charge is 0.383 e. The van der Waals surface area contributed by atoms with Gasteiger partial charge in [-0.15, -0.1) is 0 Å². The maximum absolute atomic E-state index is 14.6. The number of benzene rings is 2. The molecule has 2 aliphatic rings. The number of alkyl halides is 2. The zero-order valence-corrected chi connectivity index (χ0v) is 23.8. The van der Waals surface area contributed by atoms with E-state index in [0.717, 1.165) is 21.9 Å². The molecule has 2 heterocycles. The molecule has 5 rings (SSSR count). The van der Waals surface area contributed by atoms with E-state index in [-0.39, 0.29) is 48.2 Å². The Hall–Kier alpha value is -4.54. The number of hydrogen-bond acceptors (Lipinski definition) is 7. The summed E-state index contributed by atoms with van der Waals surface area (Å²) in [5.41, 5.74) is -0.0425. The van der Waals surface area contributed by atoms with Crippen molar-refractivity contribution in [2.24, 2.45) is 0 Å². The highest BCUT2D eigenvalue weighted by Gasteiger charge is 2.49. The van der Waals surface area contributed by atoms with Gasteiger partial charge in [0.25, 0.3) is 11.8 Å². The van der Waals surface area contributed by atoms with E-state index in [1.807, 2.05) is 6.07 Å². The number of amides is 3. The number of anilines is 2. The molecule has 1 aliphatic carbocycles. The molecule has 3 atom stereocenters. The maximum Gasteiger partial charge on any atom is 0.259 e. The van der Waals surface area contributed by atoms with Gasteiger partial charge in [0, 0.05) is 47.8 Å². The SMILES string of the molecule is C.N#Cc1ccnc(N2C(=O)[C@@H](O)C[C@H]2C(=O)N(c2cccc(F)c2)[C@H](C(=O)NC2CCC(F)(F)CC2)c2ccccc2Cl)n1. The summed E-state index contributed by atoms with van der Waals surface area (Å²) < 4.78 is 42.3. The molecule has 2 aromatic carbocycles. The van der Waals surface area contributed by atoms with Gasteiger partial charge in [-0.2, -0.15) is 5.26 Å². The van der Waals surface area contributed by atoms with Crippen molar-refractivity contribution >= 4 is 41.0 Å². The van der Waals surface area contributed by atoms with Crippen molar-refractivity contribution in [3.05, 3.63) is 82.9 Å². The van der Waals surface area contributed by atoms with E-state index in [9.17, 15) is 37.9 Å². The fraction of sp³-hybridized carbons (Fsp3) is 0.355. The molecule has 2 N–H and O–H groups in total. The van der Waals surface area contributed by atoms with E-state index in [1.54, 1.807) is 12.1 Å². The molecule has 1 aliphatic heterocycles. The van der Waals surface area contributed by atoms with Crippen LogP contribution in [-0.4, -0.2) is 56.9 Å². The Bertz CT molecular complexity index is 1630. The number of hydrogen-bond donors (Lipinski definition) is 2. The van der Waals surface area contributed by atoms with Gasteiger partial charge in [-0.1, -0.05) is 43.3 Å². The van der Waals surface area contributed by atoms with E-state index in [4.69, 9.17) is 11.6 Å². The predicted molar refractivity (Wildman–Crippen MR) is 159 cm³/mol. The lowest BCUT2D eigenvalue weighted by Gasteiger charge is -2.36. The fourth-order valence-electron chi connectivity index (χ4n) is 5.46. The Kier molecular flexibility index (Phi) is 10.1. The van der Waals surface area contributed by atoms with Crippen molar-refractivity contribution < 1.29 is 32.7 Å². The van der Waals surface area contributed by atoms with Gasteiger partial charge in [-0.3, -0.25) is 24.2 Å². The minimum atomic E-state index is -2.85. The molecule has 45 heavy (non-hydrogen) atoms. The number of halogens is 4. The summed E-state index contributed by atoms with van der Waals surface area (Å²) in [6, 6.07) is 10.4. The number of aliphatic hydroxyl groups is 1. The summed E-state index contributed by atoms with van der Waals surface area (Å²) >= 11 is 6.53. The highest BCUT2D eigenvalue weighted by Crippen LogP contribution is 2.37. The van der Waals surface area contributed by atoms with Crippen LogP contribution in [0.1, 0.15) is 56.8 Å². The van der Waals surface area contributed by atoms with E-state index >= 15 is 0 Å². The molecule has 0 spiro atoms. The van der Waals surface area contributed by atoms with Gasteiger partial charge in [0.05, 0.1) is 0 Å². The molecule has 3 aromatic rings. The molecule has 1 saturated carbocycles. The molecule has 236 valence electrons. The summed E-state index contributed by atoms with van der Waals surface area (Å²) in [4.78, 5) is 51.5. The monoisotopic (exact) mass is 642 g/mol. The van der Waals surface area contributed by atoms with E-state index in [2.05, 4.69) is 15.3 Å². The smallest absolute Gasteiger partial charge is 0.259 e. The highest BCUT2D eigenvalue weighted by molar-refractivity contribution is 6.31. The van der Waals surface area contributed by atoms with Crippen LogP contribution in [0.3, 0.4) is 0 Å². The number of carbonyl (C=O) groups excluding carboxylic acids is 3. The normalized spacial score (nSPS) is 20.1. The number of aromatic nitrogens is 2. The van der Waals surface area contributed by atoms with Crippen LogP contribution >= 0.6 is 11.6 Å². The first kappa shape index (κ1) is 33.4. The predicted octanol–water partition coefficient (Wildman–Crippen LogP) is 4.71. The second-order valence-electron chi connectivity index (χ2n) is 10.6. The number of carbonyl (C=O) groups is 3. The maximum atomic E-state index is 14.6. The van der Waals surface area contributed by atoms with E-state index in [1.165, 1.54) is 36.5 Å². The zero-order valence-electron chi connectivity index (χ0n) is 23.0. The molecule has 1 aromatic heterocycles. The second kappa shape index (κ2) is 13.6. The molecule has 1 saturated heterocycles. The third-order valence-corrected chi connectivity index (χ3v) is 7.98. The first-order valence-corrected chi connectivity index (χ1v) is 14.1. The average Bonchev–Trinajstić information content (AvgIpc) is 3.30. The van der Waals surface area contributed by atoms with Crippen molar-refractivity contribution in [3.63, 3.8) is 0 Å². The Morgan fingerprint density at radius 2 is 1.87 bits per heavy atom. The third-order valence-electron chi connectivity index (χ3n) is 7.63. The summed E-state index contributed by atoms with van der Waals surface area (Å²) in [7, 11) is 0. The Morgan fingerprint density at radius 3 is 2.53 bits per heavy atom. The lowest BCUT2D eigenvalue weighted by Crippen LogP contribution is -2.53. The molecule has 3 amide bonds. The quantitative estimate of drug-likeness (QED) is 0.380. The Morgan fingerprint density at radius 1 is 1.16 bits per heavy atom. The van der Waals surface area contributed by atoms with Crippen molar-refractivity contribution in [2.45, 2.75) is 69.7 Å². The van der Waals surface area contributed by atoms with Gasteiger partial charge in [0.15, 0.2) is 0 Å². The van der Waals surface area contributed by atoms with Crippen molar-refractivity contribution in [1.82, 2.24) is 15.3 Å². The lowest BCUT2D eigenvalue weighted by atomic mass is 9.91. The third kappa shape index (κ3) is 7.08. The number of nitrogens with zero attached hydrogens (tertiary/aromatic N) is 5. The molecule has 0 radical (unpaired) electrons. The van der Waals surface area contributed by atoms with E-state index < -0.39 is 73.0 Å². The van der Waals surface area contributed by atoms with Gasteiger partial charge in [-0.05, 0) is 43.2 Å². The van der Waals surface area contributed by atoms with Crippen molar-refractivity contribution in [3.8, 4) is 6.07 Å². The summed E-state index contributed by atoms with van der Waals surface area (Å²) in [5, 5.41) is 22.7. The number of nitrogens with one attached hydrogen (secondary N) is 1. The standard InChI is InChI=1S/C30H26ClF3N6O4.CH4/c31-22-7-2-1-6-21(22)25(26(42)37-18-8-11-30(33,34)12-9-18)39(20-5-3-4-17(32)14-20)27(43)23-15-24(41)28(44)40(23)29-36-13-10-19(16-35)38-29;/h1-7,10,13-14,18,23-25,41H,8-9,11-12,15H2,(H,37,42);1H4/t23-,24-,25-;/m0./s1. The summed E-state index contributed by atoms with van der Waals surface area (Å²) in [6.07, 6.45) is -1.75. The van der Waals surface area contributed by atoms with Crippen molar-refractivity contribution in [1.29, 1.82) is 5.26 Å². The zero-order chi connectivity index (χ0) is 31.6. The molecule has 14 heteroatoms. The highest BCUT2D eigenvalue weighted by atomic mass is 35.5. The van der Waals surface area contributed by atoms with E-state index in [0.29, 0.717) is 0 Å².